The van der Waals surface area contributed by atoms with Gasteiger partial charge in [-0.15, -0.1) is 11.3 Å². The number of hydrogen-bond acceptors (Lipinski definition) is 4. The van der Waals surface area contributed by atoms with E-state index in [1.807, 2.05) is 6.07 Å². The third-order valence-electron chi connectivity index (χ3n) is 2.72. The fourth-order valence-corrected chi connectivity index (χ4v) is 2.56. The Labute approximate surface area is 131 Å². The summed E-state index contributed by atoms with van der Waals surface area (Å²) in [6.45, 7) is 3.21. The third kappa shape index (κ3) is 6.14. The van der Waals surface area contributed by atoms with Gasteiger partial charge in [-0.3, -0.25) is 14.9 Å². The topological polar surface area (TPSA) is 95.5 Å². The van der Waals surface area contributed by atoms with Crippen molar-refractivity contribution in [3.63, 3.8) is 0 Å². The number of carboxylic acids is 1. The molecule has 0 saturated carbocycles. The summed E-state index contributed by atoms with van der Waals surface area (Å²) in [5.74, 6) is -1.72. The van der Waals surface area contributed by atoms with Gasteiger partial charge in [0.25, 0.3) is 0 Å². The van der Waals surface area contributed by atoms with E-state index in [-0.39, 0.29) is 6.42 Å². The maximum Gasteiger partial charge on any atom is 0.321 e. The Hall–Kier alpha value is -1.60. The first-order valence-corrected chi connectivity index (χ1v) is 7.45. The minimum Gasteiger partial charge on any atom is -0.481 e. The van der Waals surface area contributed by atoms with Crippen molar-refractivity contribution in [1.29, 1.82) is 0 Å². The Morgan fingerprint density at radius 2 is 2.00 bits per heavy atom. The van der Waals surface area contributed by atoms with Gasteiger partial charge in [0, 0.05) is 17.8 Å². The van der Waals surface area contributed by atoms with E-state index < -0.39 is 23.3 Å². The van der Waals surface area contributed by atoms with Crippen molar-refractivity contribution in [2.45, 2.75) is 26.7 Å². The smallest absolute Gasteiger partial charge is 0.321 e. The van der Waals surface area contributed by atoms with Crippen LogP contribution in [0.4, 0.5) is 4.79 Å². The number of urea groups is 1. The maximum absolute atomic E-state index is 11.6. The molecule has 116 valence electrons. The van der Waals surface area contributed by atoms with Crippen LogP contribution in [0.3, 0.4) is 0 Å². The molecule has 0 aromatic carbocycles. The highest BCUT2D eigenvalue weighted by Gasteiger charge is 2.30. The van der Waals surface area contributed by atoms with Crippen LogP contribution in [-0.2, 0) is 16.0 Å². The zero-order chi connectivity index (χ0) is 16.0. The van der Waals surface area contributed by atoms with Crippen molar-refractivity contribution in [2.75, 3.05) is 6.54 Å². The average Bonchev–Trinajstić information content (AvgIpc) is 2.73. The van der Waals surface area contributed by atoms with E-state index in [1.165, 1.54) is 25.2 Å². The Morgan fingerprint density at radius 3 is 2.52 bits per heavy atom. The lowest BCUT2D eigenvalue weighted by atomic mass is 9.89. The molecule has 0 radical (unpaired) electrons. The van der Waals surface area contributed by atoms with E-state index in [2.05, 4.69) is 10.6 Å². The summed E-state index contributed by atoms with van der Waals surface area (Å²) in [6, 6.07) is 3.01. The predicted octanol–water partition coefficient (Wildman–Crippen LogP) is 2.27. The van der Waals surface area contributed by atoms with E-state index in [1.54, 1.807) is 6.07 Å². The molecule has 0 atom stereocenters. The number of nitrogens with one attached hydrogen (secondary N) is 2. The van der Waals surface area contributed by atoms with Crippen LogP contribution in [0.25, 0.3) is 0 Å². The van der Waals surface area contributed by atoms with Gasteiger partial charge in [0.1, 0.15) is 0 Å². The van der Waals surface area contributed by atoms with Gasteiger partial charge in [-0.2, -0.15) is 0 Å². The molecule has 0 saturated heterocycles. The Morgan fingerprint density at radius 1 is 1.33 bits per heavy atom. The van der Waals surface area contributed by atoms with Crippen molar-refractivity contribution < 1.29 is 19.5 Å². The number of aliphatic carboxylic acids is 1. The van der Waals surface area contributed by atoms with Crippen LogP contribution in [0.1, 0.15) is 25.1 Å². The molecule has 0 spiro atoms. The molecule has 0 aliphatic rings. The Kier molecular flexibility index (Phi) is 6.17. The van der Waals surface area contributed by atoms with Crippen LogP contribution in [0.15, 0.2) is 12.1 Å². The molecule has 0 aliphatic heterocycles. The third-order valence-corrected chi connectivity index (χ3v) is 4.01. The summed E-state index contributed by atoms with van der Waals surface area (Å²) < 4.78 is 0.681. The number of amides is 3. The largest absolute Gasteiger partial charge is 0.481 e. The number of carbonyl (C=O) groups excluding carboxylic acids is 2. The first kappa shape index (κ1) is 17.5. The number of imide groups is 1. The molecule has 0 bridgehead atoms. The molecule has 3 N–H and O–H groups in total. The van der Waals surface area contributed by atoms with Gasteiger partial charge in [0.2, 0.25) is 5.91 Å². The molecule has 0 aliphatic carbocycles. The lowest BCUT2D eigenvalue weighted by molar-refractivity contribution is -0.149. The highest BCUT2D eigenvalue weighted by atomic mass is 35.5. The van der Waals surface area contributed by atoms with E-state index in [0.29, 0.717) is 17.3 Å². The van der Waals surface area contributed by atoms with Crippen molar-refractivity contribution in [3.8, 4) is 0 Å². The first-order valence-electron chi connectivity index (χ1n) is 6.26. The van der Waals surface area contributed by atoms with Crippen LogP contribution >= 0.6 is 22.9 Å². The second kappa shape index (κ2) is 7.42. The van der Waals surface area contributed by atoms with E-state index in [9.17, 15) is 14.4 Å². The van der Waals surface area contributed by atoms with Crippen molar-refractivity contribution in [2.24, 2.45) is 5.41 Å². The van der Waals surface area contributed by atoms with Crippen LogP contribution in [-0.4, -0.2) is 29.6 Å². The van der Waals surface area contributed by atoms with Crippen molar-refractivity contribution >= 4 is 40.8 Å². The van der Waals surface area contributed by atoms with Gasteiger partial charge >= 0.3 is 12.0 Å². The zero-order valence-electron chi connectivity index (χ0n) is 11.7. The molecule has 0 unspecified atom stereocenters. The van der Waals surface area contributed by atoms with Gasteiger partial charge in [-0.05, 0) is 32.4 Å². The highest BCUT2D eigenvalue weighted by molar-refractivity contribution is 7.16. The van der Waals surface area contributed by atoms with E-state index in [0.717, 1.165) is 4.88 Å². The van der Waals surface area contributed by atoms with Crippen LogP contribution in [0, 0.1) is 5.41 Å². The second-order valence-corrected chi connectivity index (χ2v) is 6.93. The molecule has 1 rings (SSSR count). The van der Waals surface area contributed by atoms with Gasteiger partial charge in [0.05, 0.1) is 9.75 Å². The fraction of sp³-hybridized carbons (Fsp3) is 0.462. The van der Waals surface area contributed by atoms with Gasteiger partial charge in [-0.25, -0.2) is 4.79 Å². The monoisotopic (exact) mass is 332 g/mol. The van der Waals surface area contributed by atoms with Crippen molar-refractivity contribution in [1.82, 2.24) is 10.6 Å². The summed E-state index contributed by atoms with van der Waals surface area (Å²) in [5, 5.41) is 13.5. The molecule has 1 aromatic rings. The number of carbonyl (C=O) groups is 3. The minimum atomic E-state index is -1.21. The number of hydrogen-bond donors (Lipinski definition) is 3. The molecule has 1 aromatic heterocycles. The first-order chi connectivity index (χ1) is 9.70. The van der Waals surface area contributed by atoms with Crippen molar-refractivity contribution in [3.05, 3.63) is 21.3 Å². The van der Waals surface area contributed by atoms with Gasteiger partial charge in [0.15, 0.2) is 0 Å². The van der Waals surface area contributed by atoms with Crippen LogP contribution < -0.4 is 10.6 Å². The molecule has 8 heteroatoms. The summed E-state index contributed by atoms with van der Waals surface area (Å²) in [7, 11) is 0. The van der Waals surface area contributed by atoms with E-state index >= 15 is 0 Å². The lowest BCUT2D eigenvalue weighted by Crippen LogP contribution is -2.42. The average molecular weight is 333 g/mol. The van der Waals surface area contributed by atoms with E-state index in [4.69, 9.17) is 16.7 Å². The number of thiophene rings is 1. The summed E-state index contributed by atoms with van der Waals surface area (Å²) in [5.41, 5.74) is -1.21. The maximum atomic E-state index is 11.6. The normalized spacial score (nSPS) is 11.0. The lowest BCUT2D eigenvalue weighted by Gasteiger charge is -2.17. The zero-order valence-corrected chi connectivity index (χ0v) is 13.3. The molecule has 6 nitrogen and oxygen atoms in total. The molecule has 3 amide bonds. The minimum absolute atomic E-state index is 0.268. The van der Waals surface area contributed by atoms with Crippen LogP contribution in [0.2, 0.25) is 4.34 Å². The molecule has 21 heavy (non-hydrogen) atoms. The SMILES string of the molecule is CC(C)(CC(=O)NC(=O)NCCc1ccc(Cl)s1)C(=O)O. The van der Waals surface area contributed by atoms with Gasteiger partial charge in [-0.1, -0.05) is 11.6 Å². The van der Waals surface area contributed by atoms with Gasteiger partial charge < -0.3 is 10.4 Å². The Bertz CT molecular complexity index is 542. The number of rotatable bonds is 6. The Balaban J connectivity index is 2.30. The molecule has 0 fully saturated rings. The quantitative estimate of drug-likeness (QED) is 0.744. The standard InChI is InChI=1S/C13H17ClN2O4S/c1-13(2,11(18)19)7-10(17)16-12(20)15-6-5-8-3-4-9(14)21-8/h3-4H,5-7H2,1-2H3,(H,18,19)(H2,15,16,17,20). The number of halogens is 1. The summed E-state index contributed by atoms with van der Waals surface area (Å²) >= 11 is 7.21. The predicted molar refractivity (Wildman–Crippen MR) is 80.6 cm³/mol. The summed E-state index contributed by atoms with van der Waals surface area (Å²) in [6.07, 6.45) is 0.343. The number of carboxylic acid groups (broad SMARTS) is 1. The molecular weight excluding hydrogens is 316 g/mol. The molecular formula is C13H17ClN2O4S. The molecule has 1 heterocycles. The van der Waals surface area contributed by atoms with Crippen LogP contribution in [0.5, 0.6) is 0 Å². The second-order valence-electron chi connectivity index (χ2n) is 5.13. The summed E-state index contributed by atoms with van der Waals surface area (Å²) in [4.78, 5) is 35.0. The fourth-order valence-electron chi connectivity index (χ4n) is 1.48. The highest BCUT2D eigenvalue weighted by Crippen LogP contribution is 2.21.